The van der Waals surface area contributed by atoms with E-state index in [0.29, 0.717) is 6.54 Å². The molecule has 0 atom stereocenters. The van der Waals surface area contributed by atoms with E-state index in [-0.39, 0.29) is 6.03 Å². The van der Waals surface area contributed by atoms with E-state index in [1.807, 2.05) is 30.0 Å². The van der Waals surface area contributed by atoms with Crippen molar-refractivity contribution in [1.29, 1.82) is 0 Å². The maximum atomic E-state index is 12.3. The van der Waals surface area contributed by atoms with Gasteiger partial charge in [0.05, 0.1) is 12.2 Å². The van der Waals surface area contributed by atoms with Gasteiger partial charge in [-0.1, -0.05) is 35.0 Å². The van der Waals surface area contributed by atoms with Gasteiger partial charge in [0.1, 0.15) is 0 Å². The quantitative estimate of drug-likeness (QED) is 0.936. The third kappa shape index (κ3) is 4.35. The molecule has 24 heavy (non-hydrogen) atoms. The van der Waals surface area contributed by atoms with Gasteiger partial charge >= 0.3 is 6.03 Å². The van der Waals surface area contributed by atoms with Crippen molar-refractivity contribution in [2.75, 3.05) is 26.2 Å². The number of nitrogens with one attached hydrogen (secondary N) is 1. The Kier molecular flexibility index (Phi) is 5.15. The highest BCUT2D eigenvalue weighted by atomic mass is 16.5. The Labute approximate surface area is 142 Å². The molecule has 128 valence electrons. The molecule has 1 fully saturated rings. The van der Waals surface area contributed by atoms with Gasteiger partial charge < -0.3 is 14.7 Å². The summed E-state index contributed by atoms with van der Waals surface area (Å²) in [7, 11) is 0. The lowest BCUT2D eigenvalue weighted by atomic mass is 10.1. The monoisotopic (exact) mass is 328 g/mol. The van der Waals surface area contributed by atoms with Crippen LogP contribution in [0, 0.1) is 13.8 Å². The van der Waals surface area contributed by atoms with E-state index in [9.17, 15) is 4.79 Å². The van der Waals surface area contributed by atoms with Gasteiger partial charge in [0.2, 0.25) is 0 Å². The fourth-order valence-electron chi connectivity index (χ4n) is 2.93. The number of hydrogen-bond acceptors (Lipinski definition) is 4. The van der Waals surface area contributed by atoms with Crippen molar-refractivity contribution < 1.29 is 9.32 Å². The van der Waals surface area contributed by atoms with Crippen LogP contribution in [0.1, 0.15) is 22.6 Å². The lowest BCUT2D eigenvalue weighted by molar-refractivity contribution is 0.128. The minimum absolute atomic E-state index is 0.00617. The Bertz CT molecular complexity index is 690. The van der Waals surface area contributed by atoms with Gasteiger partial charge in [-0.15, -0.1) is 0 Å². The van der Waals surface area contributed by atoms with E-state index in [1.165, 1.54) is 5.56 Å². The first-order valence-corrected chi connectivity index (χ1v) is 8.33. The van der Waals surface area contributed by atoms with Crippen LogP contribution in [0.3, 0.4) is 0 Å². The average molecular weight is 328 g/mol. The molecule has 1 aromatic heterocycles. The second-order valence-electron chi connectivity index (χ2n) is 6.35. The third-order valence-corrected chi connectivity index (χ3v) is 4.24. The lowest BCUT2D eigenvalue weighted by Gasteiger charge is -2.34. The second-order valence-corrected chi connectivity index (χ2v) is 6.35. The van der Waals surface area contributed by atoms with Crippen LogP contribution in [0.4, 0.5) is 4.79 Å². The maximum Gasteiger partial charge on any atom is 0.317 e. The van der Waals surface area contributed by atoms with Gasteiger partial charge in [0, 0.05) is 38.8 Å². The molecule has 6 nitrogen and oxygen atoms in total. The minimum Gasteiger partial charge on any atom is -0.360 e. The van der Waals surface area contributed by atoms with E-state index in [1.54, 1.807) is 0 Å². The van der Waals surface area contributed by atoms with Crippen LogP contribution in [0.5, 0.6) is 0 Å². The second kappa shape index (κ2) is 7.49. The van der Waals surface area contributed by atoms with Crippen molar-refractivity contribution in [3.05, 3.63) is 52.9 Å². The molecule has 1 N–H and O–H groups in total. The molecule has 0 bridgehead atoms. The molecule has 0 saturated carbocycles. The zero-order valence-corrected chi connectivity index (χ0v) is 14.3. The predicted octanol–water partition coefficient (Wildman–Crippen LogP) is 2.32. The first kappa shape index (κ1) is 16.5. The molecular formula is C18H24N4O2. The number of urea groups is 1. The Balaban J connectivity index is 1.43. The van der Waals surface area contributed by atoms with Crippen molar-refractivity contribution >= 4 is 6.03 Å². The van der Waals surface area contributed by atoms with Crippen molar-refractivity contribution in [2.45, 2.75) is 26.9 Å². The number of aromatic nitrogens is 1. The summed E-state index contributed by atoms with van der Waals surface area (Å²) in [5.41, 5.74) is 3.24. The molecule has 6 heteroatoms. The van der Waals surface area contributed by atoms with Crippen molar-refractivity contribution in [1.82, 2.24) is 20.3 Å². The van der Waals surface area contributed by atoms with Crippen LogP contribution in [0.2, 0.25) is 0 Å². The number of carbonyl (C=O) groups excluding carboxylic acids is 1. The molecule has 0 spiro atoms. The molecule has 1 aromatic carbocycles. The summed E-state index contributed by atoms with van der Waals surface area (Å²) in [4.78, 5) is 16.4. The Hall–Kier alpha value is -2.34. The molecule has 2 amide bonds. The van der Waals surface area contributed by atoms with Gasteiger partial charge in [-0.3, -0.25) is 4.90 Å². The summed E-state index contributed by atoms with van der Waals surface area (Å²) in [6.45, 7) is 8.44. The van der Waals surface area contributed by atoms with Gasteiger partial charge in [-0.2, -0.15) is 0 Å². The SMILES string of the molecule is Cc1cccc(CNC(=O)N2CCN(Cc3cc(C)no3)CC2)c1. The molecule has 1 saturated heterocycles. The van der Waals surface area contributed by atoms with Crippen LogP contribution >= 0.6 is 0 Å². The van der Waals surface area contributed by atoms with Gasteiger partial charge in [0.25, 0.3) is 0 Å². The molecule has 3 rings (SSSR count). The fraction of sp³-hybridized carbons (Fsp3) is 0.444. The van der Waals surface area contributed by atoms with Crippen LogP contribution in [0.15, 0.2) is 34.9 Å². The van der Waals surface area contributed by atoms with E-state index >= 15 is 0 Å². The van der Waals surface area contributed by atoms with Gasteiger partial charge in [-0.25, -0.2) is 4.79 Å². The molecule has 1 aliphatic heterocycles. The van der Waals surface area contributed by atoms with E-state index in [2.05, 4.69) is 34.4 Å². The Morgan fingerprint density at radius 1 is 1.21 bits per heavy atom. The normalized spacial score (nSPS) is 15.5. The largest absolute Gasteiger partial charge is 0.360 e. The number of hydrogen-bond donors (Lipinski definition) is 1. The molecule has 2 aromatic rings. The third-order valence-electron chi connectivity index (χ3n) is 4.24. The zero-order chi connectivity index (χ0) is 16.9. The summed E-state index contributed by atoms with van der Waals surface area (Å²) in [6, 6.07) is 10.2. The first-order valence-electron chi connectivity index (χ1n) is 8.33. The molecule has 0 unspecified atom stereocenters. The van der Waals surface area contributed by atoms with Gasteiger partial charge in [-0.05, 0) is 19.4 Å². The Morgan fingerprint density at radius 3 is 2.67 bits per heavy atom. The summed E-state index contributed by atoms with van der Waals surface area (Å²) < 4.78 is 5.25. The van der Waals surface area contributed by atoms with Crippen LogP contribution in [-0.2, 0) is 13.1 Å². The molecule has 1 aliphatic rings. The molecular weight excluding hydrogens is 304 g/mol. The number of aryl methyl sites for hydroxylation is 2. The highest BCUT2D eigenvalue weighted by molar-refractivity contribution is 5.74. The summed E-state index contributed by atoms with van der Waals surface area (Å²) >= 11 is 0. The van der Waals surface area contributed by atoms with E-state index in [4.69, 9.17) is 4.52 Å². The predicted molar refractivity (Wildman–Crippen MR) is 91.5 cm³/mol. The fourth-order valence-corrected chi connectivity index (χ4v) is 2.93. The molecule has 2 heterocycles. The van der Waals surface area contributed by atoms with Crippen molar-refractivity contribution in [3.63, 3.8) is 0 Å². The number of piperazine rings is 1. The highest BCUT2D eigenvalue weighted by Gasteiger charge is 2.21. The number of amides is 2. The minimum atomic E-state index is 0.00617. The Morgan fingerprint density at radius 2 is 2.00 bits per heavy atom. The summed E-state index contributed by atoms with van der Waals surface area (Å²) in [6.07, 6.45) is 0. The van der Waals surface area contributed by atoms with Crippen LogP contribution in [0.25, 0.3) is 0 Å². The van der Waals surface area contributed by atoms with Crippen molar-refractivity contribution in [3.8, 4) is 0 Å². The topological polar surface area (TPSA) is 61.6 Å². The van der Waals surface area contributed by atoms with E-state index in [0.717, 1.165) is 49.7 Å². The van der Waals surface area contributed by atoms with Crippen LogP contribution < -0.4 is 5.32 Å². The molecule has 0 aliphatic carbocycles. The number of nitrogens with zero attached hydrogens (tertiary/aromatic N) is 3. The highest BCUT2D eigenvalue weighted by Crippen LogP contribution is 2.10. The van der Waals surface area contributed by atoms with Crippen LogP contribution in [-0.4, -0.2) is 47.2 Å². The molecule has 0 radical (unpaired) electrons. The maximum absolute atomic E-state index is 12.3. The number of carbonyl (C=O) groups is 1. The average Bonchev–Trinajstić information content (AvgIpc) is 2.98. The number of rotatable bonds is 4. The summed E-state index contributed by atoms with van der Waals surface area (Å²) in [5.74, 6) is 0.879. The zero-order valence-electron chi connectivity index (χ0n) is 14.3. The van der Waals surface area contributed by atoms with Crippen molar-refractivity contribution in [2.24, 2.45) is 0 Å². The smallest absolute Gasteiger partial charge is 0.317 e. The lowest BCUT2D eigenvalue weighted by Crippen LogP contribution is -2.51. The number of benzene rings is 1. The first-order chi connectivity index (χ1) is 11.6. The van der Waals surface area contributed by atoms with E-state index < -0.39 is 0 Å². The van der Waals surface area contributed by atoms with Gasteiger partial charge in [0.15, 0.2) is 5.76 Å². The summed E-state index contributed by atoms with van der Waals surface area (Å²) in [5, 5.41) is 6.91. The standard InChI is InChI=1S/C18H24N4O2/c1-14-4-3-5-16(10-14)12-19-18(23)22-8-6-21(7-9-22)13-17-11-15(2)20-24-17/h3-5,10-11H,6-9,12-13H2,1-2H3,(H,19,23).